The number of hydrogen-bond donors (Lipinski definition) is 0. The maximum absolute atomic E-state index is 13.4. The van der Waals surface area contributed by atoms with Gasteiger partial charge in [-0.15, -0.1) is 0 Å². The molecule has 3 fully saturated rings. The van der Waals surface area contributed by atoms with Crippen LogP contribution in [0.25, 0.3) is 0 Å². The summed E-state index contributed by atoms with van der Waals surface area (Å²) in [4.78, 5) is 11.3. The van der Waals surface area contributed by atoms with E-state index >= 15 is 0 Å². The van der Waals surface area contributed by atoms with Gasteiger partial charge in [0.2, 0.25) is 0 Å². The van der Waals surface area contributed by atoms with Crippen molar-refractivity contribution < 1.29 is 8.42 Å². The molecule has 0 N–H and O–H groups in total. The Labute approximate surface area is 194 Å². The number of nitrogens with zero attached hydrogens (tertiary/aromatic N) is 5. The molecule has 2 atom stereocenters. The molecule has 1 unspecified atom stereocenters. The maximum atomic E-state index is 13.4. The molecule has 3 aliphatic rings. The van der Waals surface area contributed by atoms with Crippen molar-refractivity contribution >= 4 is 32.9 Å². The first-order chi connectivity index (χ1) is 15.5. The third-order valence-corrected chi connectivity index (χ3v) is 9.59. The summed E-state index contributed by atoms with van der Waals surface area (Å²) in [5.41, 5.74) is 1.32. The number of piperazine rings is 1. The number of aromatic nitrogens is 1. The van der Waals surface area contributed by atoms with Crippen molar-refractivity contribution in [3.05, 3.63) is 47.1 Å². The molecule has 3 aliphatic heterocycles. The lowest BCUT2D eigenvalue weighted by atomic mass is 10.1. The summed E-state index contributed by atoms with van der Waals surface area (Å²) in [5.74, 6) is 0.634. The summed E-state index contributed by atoms with van der Waals surface area (Å²) in [7, 11) is -3.58. The van der Waals surface area contributed by atoms with Crippen molar-refractivity contribution in [3.8, 4) is 6.07 Å². The summed E-state index contributed by atoms with van der Waals surface area (Å²) in [6.07, 6.45) is 2.98. The standard InChI is InChI=1S/C23H26ClN5O2S/c24-21-13-18(28-12-11-27-9-2-4-19(27)15-28)6-7-22(21)32(30,31)20-8-10-29(16-20)23-5-1-3-17(14-25)26-23/h1,3,5-7,13,19-20H,2,4,8-12,15-16H2/t19?,20-/m0/s1. The molecule has 0 aliphatic carbocycles. The van der Waals surface area contributed by atoms with E-state index in [9.17, 15) is 8.42 Å². The molecule has 3 saturated heterocycles. The Morgan fingerprint density at radius 1 is 1.03 bits per heavy atom. The fourth-order valence-electron chi connectivity index (χ4n) is 5.17. The highest BCUT2D eigenvalue weighted by atomic mass is 35.5. The molecule has 0 saturated carbocycles. The summed E-state index contributed by atoms with van der Waals surface area (Å²) < 4.78 is 26.8. The Morgan fingerprint density at radius 3 is 2.72 bits per heavy atom. The van der Waals surface area contributed by atoms with Crippen LogP contribution in [-0.4, -0.2) is 68.9 Å². The van der Waals surface area contributed by atoms with Crippen LogP contribution in [0.4, 0.5) is 11.5 Å². The van der Waals surface area contributed by atoms with Crippen LogP contribution in [0.2, 0.25) is 5.02 Å². The normalized spacial score (nSPS) is 23.9. The van der Waals surface area contributed by atoms with Crippen LogP contribution in [0.1, 0.15) is 25.0 Å². The van der Waals surface area contributed by atoms with Crippen LogP contribution in [0.5, 0.6) is 0 Å². The van der Waals surface area contributed by atoms with Gasteiger partial charge in [0, 0.05) is 44.5 Å². The summed E-state index contributed by atoms with van der Waals surface area (Å²) >= 11 is 6.54. The van der Waals surface area contributed by atoms with Crippen LogP contribution in [0, 0.1) is 11.3 Å². The fourth-order valence-corrected chi connectivity index (χ4v) is 7.41. The minimum atomic E-state index is -3.58. The largest absolute Gasteiger partial charge is 0.369 e. The maximum Gasteiger partial charge on any atom is 0.184 e. The topological polar surface area (TPSA) is 80.5 Å². The van der Waals surface area contributed by atoms with E-state index in [1.807, 2.05) is 29.2 Å². The van der Waals surface area contributed by atoms with Gasteiger partial charge in [0.25, 0.3) is 0 Å². The first-order valence-corrected chi connectivity index (χ1v) is 13.0. The van der Waals surface area contributed by atoms with E-state index in [1.165, 1.54) is 19.4 Å². The average molecular weight is 472 g/mol. The number of anilines is 2. The van der Waals surface area contributed by atoms with Gasteiger partial charge >= 0.3 is 0 Å². The number of sulfone groups is 1. The second kappa shape index (κ2) is 8.54. The zero-order valence-corrected chi connectivity index (χ0v) is 19.4. The number of fused-ring (bicyclic) bond motifs is 1. The lowest BCUT2D eigenvalue weighted by Crippen LogP contribution is -2.50. The van der Waals surface area contributed by atoms with Crippen molar-refractivity contribution in [3.63, 3.8) is 0 Å². The zero-order chi connectivity index (χ0) is 22.3. The van der Waals surface area contributed by atoms with E-state index in [0.717, 1.165) is 25.3 Å². The van der Waals surface area contributed by atoms with Crippen molar-refractivity contribution in [1.82, 2.24) is 9.88 Å². The number of pyridine rings is 1. The van der Waals surface area contributed by atoms with Gasteiger partial charge in [-0.3, -0.25) is 4.90 Å². The molecule has 7 nitrogen and oxygen atoms in total. The van der Waals surface area contributed by atoms with Crippen LogP contribution < -0.4 is 9.80 Å². The van der Waals surface area contributed by atoms with Gasteiger partial charge in [-0.05, 0) is 56.1 Å². The van der Waals surface area contributed by atoms with E-state index in [4.69, 9.17) is 16.9 Å². The van der Waals surface area contributed by atoms with Crippen LogP contribution in [0.15, 0.2) is 41.3 Å². The summed E-state index contributed by atoms with van der Waals surface area (Å²) in [5, 5.41) is 8.82. The number of halogens is 1. The molecule has 0 amide bonds. The van der Waals surface area contributed by atoms with Crippen molar-refractivity contribution in [2.45, 2.75) is 35.4 Å². The molecular weight excluding hydrogens is 446 g/mol. The Morgan fingerprint density at radius 2 is 1.91 bits per heavy atom. The first-order valence-electron chi connectivity index (χ1n) is 11.1. The van der Waals surface area contributed by atoms with Gasteiger partial charge in [0.05, 0.1) is 15.2 Å². The van der Waals surface area contributed by atoms with Gasteiger partial charge in [0.1, 0.15) is 17.6 Å². The van der Waals surface area contributed by atoms with Crippen LogP contribution in [-0.2, 0) is 9.84 Å². The molecule has 32 heavy (non-hydrogen) atoms. The van der Waals surface area contributed by atoms with E-state index < -0.39 is 15.1 Å². The lowest BCUT2D eigenvalue weighted by molar-refractivity contribution is 0.231. The van der Waals surface area contributed by atoms with Gasteiger partial charge in [-0.2, -0.15) is 5.26 Å². The SMILES string of the molecule is N#Cc1cccc(N2CC[C@H](S(=O)(=O)c3ccc(N4CCN5CCCC5C4)cc3Cl)C2)n1. The minimum Gasteiger partial charge on any atom is -0.369 e. The van der Waals surface area contributed by atoms with Gasteiger partial charge < -0.3 is 9.80 Å². The smallest absolute Gasteiger partial charge is 0.184 e. The van der Waals surface area contributed by atoms with E-state index in [-0.39, 0.29) is 4.90 Å². The van der Waals surface area contributed by atoms with Gasteiger partial charge in [-0.1, -0.05) is 17.7 Å². The molecule has 168 valence electrons. The average Bonchev–Trinajstić information content (AvgIpc) is 3.48. The Kier molecular flexibility index (Phi) is 5.74. The first kappa shape index (κ1) is 21.5. The van der Waals surface area contributed by atoms with Crippen molar-refractivity contribution in [2.75, 3.05) is 49.1 Å². The Balaban J connectivity index is 1.32. The second-order valence-electron chi connectivity index (χ2n) is 8.79. The van der Waals surface area contributed by atoms with Crippen LogP contribution >= 0.6 is 11.6 Å². The molecule has 2 aromatic rings. The predicted octanol–water partition coefficient (Wildman–Crippen LogP) is 2.94. The highest BCUT2D eigenvalue weighted by Crippen LogP contribution is 2.34. The van der Waals surface area contributed by atoms with E-state index in [0.29, 0.717) is 42.1 Å². The van der Waals surface area contributed by atoms with E-state index in [2.05, 4.69) is 14.8 Å². The van der Waals surface area contributed by atoms with E-state index in [1.54, 1.807) is 18.2 Å². The minimum absolute atomic E-state index is 0.202. The molecule has 9 heteroatoms. The predicted molar refractivity (Wildman–Crippen MR) is 125 cm³/mol. The summed E-state index contributed by atoms with van der Waals surface area (Å²) in [6, 6.07) is 13.2. The zero-order valence-electron chi connectivity index (χ0n) is 17.8. The third-order valence-electron chi connectivity index (χ3n) is 6.93. The molecule has 0 radical (unpaired) electrons. The summed E-state index contributed by atoms with van der Waals surface area (Å²) in [6.45, 7) is 5.05. The molecule has 0 bridgehead atoms. The molecule has 0 spiro atoms. The van der Waals surface area contributed by atoms with Crippen LogP contribution in [0.3, 0.4) is 0 Å². The molecule has 1 aromatic heterocycles. The molecule has 1 aromatic carbocycles. The Bertz CT molecular complexity index is 1170. The molecular formula is C23H26ClN5O2S. The third kappa shape index (κ3) is 3.94. The quantitative estimate of drug-likeness (QED) is 0.678. The van der Waals surface area contributed by atoms with Gasteiger partial charge in [-0.25, -0.2) is 13.4 Å². The number of nitriles is 1. The Hall–Kier alpha value is -2.34. The highest BCUT2D eigenvalue weighted by Gasteiger charge is 2.36. The molecule has 5 rings (SSSR count). The lowest BCUT2D eigenvalue weighted by Gasteiger charge is -2.39. The highest BCUT2D eigenvalue weighted by molar-refractivity contribution is 7.92. The van der Waals surface area contributed by atoms with Gasteiger partial charge in [0.15, 0.2) is 9.84 Å². The van der Waals surface area contributed by atoms with Crippen molar-refractivity contribution in [2.24, 2.45) is 0 Å². The number of hydrogen-bond acceptors (Lipinski definition) is 7. The number of rotatable bonds is 4. The van der Waals surface area contributed by atoms with Crippen molar-refractivity contribution in [1.29, 1.82) is 5.26 Å². The second-order valence-corrected chi connectivity index (χ2v) is 11.4. The monoisotopic (exact) mass is 471 g/mol. The fraction of sp³-hybridized carbons (Fsp3) is 0.478. The number of benzene rings is 1. The molecule has 4 heterocycles.